The van der Waals surface area contributed by atoms with Crippen molar-refractivity contribution in [3.05, 3.63) is 29.3 Å². The lowest BCUT2D eigenvalue weighted by molar-refractivity contribution is 0.0698. The van der Waals surface area contributed by atoms with Crippen LogP contribution < -0.4 is 5.32 Å². The van der Waals surface area contributed by atoms with Crippen molar-refractivity contribution in [2.45, 2.75) is 13.8 Å². The van der Waals surface area contributed by atoms with E-state index >= 15 is 0 Å². The van der Waals surface area contributed by atoms with Crippen LogP contribution in [0.5, 0.6) is 0 Å². The van der Waals surface area contributed by atoms with E-state index in [9.17, 15) is 4.79 Å². The minimum Gasteiger partial charge on any atom is -0.478 e. The first kappa shape index (κ1) is 13.9. The fraction of sp³-hybridized carbons (Fsp3) is 0.462. The maximum Gasteiger partial charge on any atom is 0.337 e. The minimum absolute atomic E-state index is 0.340. The lowest BCUT2D eigenvalue weighted by Gasteiger charge is -2.14. The highest BCUT2D eigenvalue weighted by atomic mass is 32.2. The fourth-order valence-corrected chi connectivity index (χ4v) is 2.31. The molecule has 0 aliphatic rings. The molecule has 1 aromatic rings. The van der Waals surface area contributed by atoms with Gasteiger partial charge in [-0.25, -0.2) is 4.79 Å². The molecule has 1 rings (SSSR count). The lowest BCUT2D eigenvalue weighted by atomic mass is 10.1. The van der Waals surface area contributed by atoms with Crippen molar-refractivity contribution < 1.29 is 9.90 Å². The van der Waals surface area contributed by atoms with Gasteiger partial charge < -0.3 is 10.4 Å². The highest BCUT2D eigenvalue weighted by Crippen LogP contribution is 2.18. The molecule has 17 heavy (non-hydrogen) atoms. The molecule has 0 spiro atoms. The number of aromatic carboxylic acids is 1. The van der Waals surface area contributed by atoms with Crippen molar-refractivity contribution in [1.29, 1.82) is 0 Å². The zero-order chi connectivity index (χ0) is 12.8. The summed E-state index contributed by atoms with van der Waals surface area (Å²) in [5.41, 5.74) is 2.12. The maximum atomic E-state index is 11.1. The van der Waals surface area contributed by atoms with E-state index in [4.69, 9.17) is 5.11 Å². The Kier molecular flexibility index (Phi) is 5.35. The third-order valence-corrected chi connectivity index (χ3v) is 3.40. The molecule has 3 nitrogen and oxygen atoms in total. The standard InChI is InChI=1S/C13H19NO2S/c1-9-4-5-11(13(15)16)12(6-9)14-7-10(2)8-17-3/h4-6,10,14H,7-8H2,1-3H3,(H,15,16). The monoisotopic (exact) mass is 253 g/mol. The van der Waals surface area contributed by atoms with Gasteiger partial charge in [0.2, 0.25) is 0 Å². The average molecular weight is 253 g/mol. The predicted octanol–water partition coefficient (Wildman–Crippen LogP) is 3.10. The molecular formula is C13H19NO2S. The molecule has 0 saturated heterocycles. The van der Waals surface area contributed by atoms with Gasteiger partial charge in [-0.05, 0) is 42.5 Å². The maximum absolute atomic E-state index is 11.1. The summed E-state index contributed by atoms with van der Waals surface area (Å²) >= 11 is 1.80. The number of hydrogen-bond donors (Lipinski definition) is 2. The van der Waals surface area contributed by atoms with Crippen molar-refractivity contribution in [1.82, 2.24) is 0 Å². The predicted molar refractivity (Wildman–Crippen MR) is 74.2 cm³/mol. The summed E-state index contributed by atoms with van der Waals surface area (Å²) in [7, 11) is 0. The van der Waals surface area contributed by atoms with Crippen LogP contribution in [0.15, 0.2) is 18.2 Å². The van der Waals surface area contributed by atoms with Crippen molar-refractivity contribution in [2.24, 2.45) is 5.92 Å². The number of anilines is 1. The number of carboxylic acids is 1. The van der Waals surface area contributed by atoms with Crippen molar-refractivity contribution in [2.75, 3.05) is 23.9 Å². The second kappa shape index (κ2) is 6.55. The van der Waals surface area contributed by atoms with Crippen LogP contribution in [0.3, 0.4) is 0 Å². The van der Waals surface area contributed by atoms with Crippen LogP contribution in [0.25, 0.3) is 0 Å². The summed E-state index contributed by atoms with van der Waals surface area (Å²) < 4.78 is 0. The first-order valence-electron chi connectivity index (χ1n) is 5.61. The van der Waals surface area contributed by atoms with Crippen LogP contribution in [-0.2, 0) is 0 Å². The Morgan fingerprint density at radius 2 is 2.24 bits per heavy atom. The SMILES string of the molecule is CSCC(C)CNc1cc(C)ccc1C(=O)O. The van der Waals surface area contributed by atoms with Gasteiger partial charge in [0.15, 0.2) is 0 Å². The second-order valence-corrected chi connectivity index (χ2v) is 5.21. The van der Waals surface area contributed by atoms with Crippen molar-refractivity contribution in [3.63, 3.8) is 0 Å². The summed E-state index contributed by atoms with van der Waals surface area (Å²) in [6, 6.07) is 5.36. The highest BCUT2D eigenvalue weighted by Gasteiger charge is 2.10. The zero-order valence-electron chi connectivity index (χ0n) is 10.5. The molecule has 0 bridgehead atoms. The molecule has 94 valence electrons. The molecule has 1 atom stereocenters. The Morgan fingerprint density at radius 3 is 2.82 bits per heavy atom. The summed E-state index contributed by atoms with van der Waals surface area (Å²) in [5, 5.41) is 12.3. The van der Waals surface area contributed by atoms with Gasteiger partial charge in [0.25, 0.3) is 0 Å². The second-order valence-electron chi connectivity index (χ2n) is 4.30. The van der Waals surface area contributed by atoms with E-state index in [2.05, 4.69) is 18.5 Å². The van der Waals surface area contributed by atoms with E-state index in [-0.39, 0.29) is 0 Å². The molecule has 0 amide bonds. The molecule has 0 fully saturated rings. The van der Waals surface area contributed by atoms with Crippen LogP contribution >= 0.6 is 11.8 Å². The number of hydrogen-bond acceptors (Lipinski definition) is 3. The fourth-order valence-electron chi connectivity index (χ4n) is 1.62. The number of nitrogens with one attached hydrogen (secondary N) is 1. The third kappa shape index (κ3) is 4.30. The van der Waals surface area contributed by atoms with E-state index in [1.165, 1.54) is 0 Å². The number of aryl methyl sites for hydroxylation is 1. The van der Waals surface area contributed by atoms with Gasteiger partial charge in [-0.2, -0.15) is 11.8 Å². The largest absolute Gasteiger partial charge is 0.478 e. The molecule has 0 aromatic heterocycles. The van der Waals surface area contributed by atoms with Gasteiger partial charge in [0.05, 0.1) is 5.56 Å². The Hall–Kier alpha value is -1.16. The summed E-state index contributed by atoms with van der Waals surface area (Å²) in [4.78, 5) is 11.1. The Labute approximate surface area is 107 Å². The van der Waals surface area contributed by atoms with E-state index < -0.39 is 5.97 Å². The first-order valence-corrected chi connectivity index (χ1v) is 7.00. The molecule has 4 heteroatoms. The van der Waals surface area contributed by atoms with Crippen molar-refractivity contribution in [3.8, 4) is 0 Å². The van der Waals surface area contributed by atoms with Crippen LogP contribution in [-0.4, -0.2) is 29.6 Å². The van der Waals surface area contributed by atoms with Crippen LogP contribution in [0.2, 0.25) is 0 Å². The van der Waals surface area contributed by atoms with E-state index in [1.54, 1.807) is 17.8 Å². The smallest absolute Gasteiger partial charge is 0.337 e. The Bertz CT molecular complexity index is 393. The molecule has 1 unspecified atom stereocenters. The molecular weight excluding hydrogens is 234 g/mol. The molecule has 2 N–H and O–H groups in total. The van der Waals surface area contributed by atoms with E-state index in [0.717, 1.165) is 17.9 Å². The van der Waals surface area contributed by atoms with Crippen LogP contribution in [0, 0.1) is 12.8 Å². The molecule has 0 aliphatic heterocycles. The zero-order valence-corrected chi connectivity index (χ0v) is 11.3. The molecule has 0 heterocycles. The van der Waals surface area contributed by atoms with Gasteiger partial charge in [0, 0.05) is 12.2 Å². The number of rotatable bonds is 6. The van der Waals surface area contributed by atoms with Gasteiger partial charge in [-0.15, -0.1) is 0 Å². The summed E-state index contributed by atoms with van der Waals surface area (Å²) in [6.45, 7) is 4.91. The molecule has 0 saturated carbocycles. The molecule has 1 aromatic carbocycles. The number of carbonyl (C=O) groups is 1. The van der Waals surface area contributed by atoms with Gasteiger partial charge in [0.1, 0.15) is 0 Å². The van der Waals surface area contributed by atoms with E-state index in [1.807, 2.05) is 19.1 Å². The quantitative estimate of drug-likeness (QED) is 0.818. The molecule has 0 aliphatic carbocycles. The van der Waals surface area contributed by atoms with Gasteiger partial charge in [-0.1, -0.05) is 13.0 Å². The number of carboxylic acid groups (broad SMARTS) is 1. The average Bonchev–Trinajstić information content (AvgIpc) is 2.26. The normalized spacial score (nSPS) is 12.2. The number of benzene rings is 1. The Balaban J connectivity index is 2.75. The third-order valence-electron chi connectivity index (χ3n) is 2.50. The lowest BCUT2D eigenvalue weighted by Crippen LogP contribution is -2.15. The topological polar surface area (TPSA) is 49.3 Å². The van der Waals surface area contributed by atoms with Crippen LogP contribution in [0.1, 0.15) is 22.8 Å². The van der Waals surface area contributed by atoms with E-state index in [0.29, 0.717) is 17.2 Å². The van der Waals surface area contributed by atoms with Gasteiger partial charge >= 0.3 is 5.97 Å². The number of thioether (sulfide) groups is 1. The summed E-state index contributed by atoms with van der Waals surface area (Å²) in [6.07, 6.45) is 2.08. The van der Waals surface area contributed by atoms with Crippen molar-refractivity contribution >= 4 is 23.4 Å². The minimum atomic E-state index is -0.884. The van der Waals surface area contributed by atoms with Gasteiger partial charge in [-0.3, -0.25) is 0 Å². The summed E-state index contributed by atoms with van der Waals surface area (Å²) in [5.74, 6) is 0.707. The highest BCUT2D eigenvalue weighted by molar-refractivity contribution is 7.98. The van der Waals surface area contributed by atoms with Crippen LogP contribution in [0.4, 0.5) is 5.69 Å². The first-order chi connectivity index (χ1) is 8.04. The Morgan fingerprint density at radius 1 is 1.53 bits per heavy atom. The molecule has 0 radical (unpaired) electrons.